The fraction of sp³-hybridized carbons (Fsp3) is 0. The zero-order chi connectivity index (χ0) is 30.8. The Balaban J connectivity index is 1.47. The summed E-state index contributed by atoms with van der Waals surface area (Å²) in [5.41, 5.74) is 5.32. The molecule has 0 aliphatic carbocycles. The van der Waals surface area contributed by atoms with Crippen LogP contribution in [-0.2, 0) is 0 Å². The van der Waals surface area contributed by atoms with E-state index in [2.05, 4.69) is 91.0 Å². The maximum Gasteiger partial charge on any atom is 0.0629 e. The zero-order valence-electron chi connectivity index (χ0n) is 26.6. The van der Waals surface area contributed by atoms with Crippen LogP contribution in [0.4, 0.5) is 0 Å². The smallest absolute Gasteiger partial charge is 0.0622 e. The van der Waals surface area contributed by atoms with E-state index in [1.807, 2.05) is 36.4 Å². The van der Waals surface area contributed by atoms with Crippen molar-refractivity contribution in [1.29, 1.82) is 0 Å². The molecule has 0 spiro atoms. The maximum atomic E-state index is 8.83. The first kappa shape index (κ1) is 18.2. The molecule has 0 bridgehead atoms. The minimum Gasteiger partial charge on any atom is -0.0622 e. The monoisotopic (exact) mass is 511 g/mol. The average molecular weight is 512 g/mol. The molecule has 0 aromatic heterocycles. The topological polar surface area (TPSA) is 0 Å². The lowest BCUT2D eigenvalue weighted by molar-refractivity contribution is 1.65. The van der Waals surface area contributed by atoms with Crippen LogP contribution in [0, 0.1) is 0 Å². The first-order valence-electron chi connectivity index (χ1n) is 16.0. The predicted octanol–water partition coefficient (Wildman–Crippen LogP) is 11.3. The lowest BCUT2D eigenvalue weighted by atomic mass is 9.84. The van der Waals surface area contributed by atoms with Crippen molar-refractivity contribution in [3.63, 3.8) is 0 Å². The lowest BCUT2D eigenvalue weighted by Gasteiger charge is -2.19. The van der Waals surface area contributed by atoms with Crippen LogP contribution in [0.2, 0.25) is 0 Å². The second-order valence-corrected chi connectivity index (χ2v) is 10.1. The number of hydrogen-bond acceptors (Lipinski definition) is 0. The minimum atomic E-state index is -0.392. The Kier molecular flexibility index (Phi) is 4.18. The van der Waals surface area contributed by atoms with Crippen molar-refractivity contribution in [3.05, 3.63) is 158 Å². The van der Waals surface area contributed by atoms with Crippen LogP contribution in [0.15, 0.2) is 158 Å². The van der Waals surface area contributed by atoms with Gasteiger partial charge >= 0.3 is 0 Å². The van der Waals surface area contributed by atoms with Crippen LogP contribution in [0.1, 0.15) is 6.85 Å². The molecule has 0 heterocycles. The Morgan fingerprint density at radius 1 is 0.350 bits per heavy atom. The molecule has 40 heavy (non-hydrogen) atoms. The number of benzene rings is 8. The van der Waals surface area contributed by atoms with Gasteiger partial charge in [0, 0.05) is 0 Å². The normalized spacial score (nSPS) is 13.2. The molecule has 0 amide bonds. The molecule has 0 atom stereocenters. The Bertz CT molecular complexity index is 2410. The number of hydrogen-bond donors (Lipinski definition) is 0. The van der Waals surface area contributed by atoms with Gasteiger partial charge in [-0.1, -0.05) is 152 Å². The van der Waals surface area contributed by atoms with Crippen molar-refractivity contribution in [2.24, 2.45) is 0 Å². The Morgan fingerprint density at radius 2 is 0.875 bits per heavy atom. The molecule has 186 valence electrons. The summed E-state index contributed by atoms with van der Waals surface area (Å²) in [5, 5.41) is 8.27. The molecule has 0 nitrogen and oxygen atoms in total. The second kappa shape index (κ2) is 9.22. The summed E-state index contributed by atoms with van der Waals surface area (Å²) in [6, 6.07) is 42.5. The molecule has 8 aromatic carbocycles. The third-order valence-electron chi connectivity index (χ3n) is 7.93. The van der Waals surface area contributed by atoms with Gasteiger partial charge in [0.1, 0.15) is 0 Å². The maximum absolute atomic E-state index is 8.83. The fourth-order valence-corrected chi connectivity index (χ4v) is 6.20. The van der Waals surface area contributed by atoms with Gasteiger partial charge in [0.25, 0.3) is 0 Å². The van der Waals surface area contributed by atoms with Crippen molar-refractivity contribution < 1.29 is 6.85 Å². The first-order valence-corrected chi connectivity index (χ1v) is 13.5. The summed E-state index contributed by atoms with van der Waals surface area (Å²) >= 11 is 0. The molecule has 0 saturated carbocycles. The molecule has 0 fully saturated rings. The zero-order valence-corrected chi connectivity index (χ0v) is 21.6. The van der Waals surface area contributed by atoms with Gasteiger partial charge in [-0.25, -0.2) is 0 Å². The van der Waals surface area contributed by atoms with E-state index in [-0.39, 0.29) is 29.7 Å². The predicted molar refractivity (Wildman–Crippen MR) is 173 cm³/mol. The lowest BCUT2D eigenvalue weighted by Crippen LogP contribution is -1.92. The van der Waals surface area contributed by atoms with Crippen LogP contribution in [0.5, 0.6) is 0 Å². The molecular formula is C40H26. The SMILES string of the molecule is [2H]c1c([2H])c([2H])c(-c2c3ccccc3c(-c3cccc4c(-c5ccc6ccccc6c5)cccc34)c3ccccc23)c([2H])c1[2H]. The van der Waals surface area contributed by atoms with E-state index in [1.54, 1.807) is 0 Å². The van der Waals surface area contributed by atoms with E-state index in [1.165, 1.54) is 10.8 Å². The van der Waals surface area contributed by atoms with Gasteiger partial charge in [0.15, 0.2) is 0 Å². The summed E-state index contributed by atoms with van der Waals surface area (Å²) in [6.07, 6.45) is 0. The van der Waals surface area contributed by atoms with Crippen molar-refractivity contribution in [2.75, 3.05) is 0 Å². The average Bonchev–Trinajstić information content (AvgIpc) is 3.09. The molecular weight excluding hydrogens is 480 g/mol. The van der Waals surface area contributed by atoms with Crippen LogP contribution < -0.4 is 0 Å². The fourth-order valence-electron chi connectivity index (χ4n) is 6.20. The molecule has 0 heteroatoms. The Morgan fingerprint density at radius 3 is 1.55 bits per heavy atom. The van der Waals surface area contributed by atoms with E-state index in [4.69, 9.17) is 6.85 Å². The van der Waals surface area contributed by atoms with Crippen molar-refractivity contribution in [1.82, 2.24) is 0 Å². The first-order chi connectivity index (χ1) is 21.9. The van der Waals surface area contributed by atoms with Crippen molar-refractivity contribution in [2.45, 2.75) is 0 Å². The molecule has 0 unspecified atom stereocenters. The molecule has 0 saturated heterocycles. The van der Waals surface area contributed by atoms with Crippen LogP contribution in [-0.4, -0.2) is 0 Å². The summed E-state index contributed by atoms with van der Waals surface area (Å²) in [7, 11) is 0. The van der Waals surface area contributed by atoms with E-state index < -0.39 is 6.04 Å². The highest BCUT2D eigenvalue weighted by Crippen LogP contribution is 2.46. The summed E-state index contributed by atoms with van der Waals surface area (Å²) in [4.78, 5) is 0. The molecule has 0 aliphatic heterocycles. The number of rotatable bonds is 3. The largest absolute Gasteiger partial charge is 0.0629 e. The van der Waals surface area contributed by atoms with Gasteiger partial charge in [-0.05, 0) is 82.5 Å². The van der Waals surface area contributed by atoms with E-state index in [9.17, 15) is 0 Å². The van der Waals surface area contributed by atoms with E-state index >= 15 is 0 Å². The van der Waals surface area contributed by atoms with Crippen LogP contribution in [0.25, 0.3) is 76.5 Å². The highest BCUT2D eigenvalue weighted by Gasteiger charge is 2.18. The third kappa shape index (κ3) is 3.54. The molecule has 8 aromatic rings. The van der Waals surface area contributed by atoms with Gasteiger partial charge in [0.05, 0.1) is 6.85 Å². The molecule has 0 N–H and O–H groups in total. The Hall–Kier alpha value is -5.20. The summed E-state index contributed by atoms with van der Waals surface area (Å²) in [6.45, 7) is 0. The standard InChI is InChI=1S/C40H26/c1-2-13-28(14-3-1)39-35-16-6-8-18-37(35)40(38-19-9-7-17-36(38)39)34-23-11-21-32-31(20-10-22-33(32)34)30-25-24-27-12-4-5-15-29(27)26-30/h1-26H/i1D,2D,3D,13D,14D. The Labute approximate surface area is 240 Å². The molecule has 0 radical (unpaired) electrons. The van der Waals surface area contributed by atoms with E-state index in [0.29, 0.717) is 5.56 Å². The van der Waals surface area contributed by atoms with Gasteiger partial charge < -0.3 is 0 Å². The quantitative estimate of drug-likeness (QED) is 0.207. The van der Waals surface area contributed by atoms with Crippen molar-refractivity contribution in [3.8, 4) is 33.4 Å². The highest BCUT2D eigenvalue weighted by atomic mass is 14.2. The molecule has 8 rings (SSSR count). The van der Waals surface area contributed by atoms with Gasteiger partial charge in [-0.2, -0.15) is 0 Å². The molecule has 0 aliphatic rings. The van der Waals surface area contributed by atoms with Crippen LogP contribution >= 0.6 is 0 Å². The summed E-state index contributed by atoms with van der Waals surface area (Å²) in [5.74, 6) is 0. The van der Waals surface area contributed by atoms with Gasteiger partial charge in [-0.15, -0.1) is 0 Å². The van der Waals surface area contributed by atoms with Gasteiger partial charge in [0.2, 0.25) is 0 Å². The highest BCUT2D eigenvalue weighted by molar-refractivity contribution is 6.24. The van der Waals surface area contributed by atoms with E-state index in [0.717, 1.165) is 54.6 Å². The van der Waals surface area contributed by atoms with Gasteiger partial charge in [-0.3, -0.25) is 0 Å². The third-order valence-corrected chi connectivity index (χ3v) is 7.93. The second-order valence-electron chi connectivity index (χ2n) is 10.1. The number of fused-ring (bicyclic) bond motifs is 4. The van der Waals surface area contributed by atoms with Crippen molar-refractivity contribution >= 4 is 43.1 Å². The minimum absolute atomic E-state index is 0.200. The summed E-state index contributed by atoms with van der Waals surface area (Å²) < 4.78 is 42.6. The van der Waals surface area contributed by atoms with Crippen LogP contribution in [0.3, 0.4) is 0 Å².